The van der Waals surface area contributed by atoms with E-state index < -0.39 is 0 Å². The molecule has 1 N–H and O–H groups in total. The SMILES string of the molecule is CCNC(Cn1ccn(C)c1=O)c1ccc(C)cc1. The molecule has 0 aliphatic heterocycles. The maximum absolute atomic E-state index is 11.9. The Morgan fingerprint density at radius 1 is 1.21 bits per heavy atom. The Morgan fingerprint density at radius 2 is 1.89 bits per heavy atom. The summed E-state index contributed by atoms with van der Waals surface area (Å²) in [6.07, 6.45) is 3.63. The second kappa shape index (κ2) is 5.89. The Bertz CT molecular complexity index is 580. The summed E-state index contributed by atoms with van der Waals surface area (Å²) in [6.45, 7) is 5.68. The predicted molar refractivity (Wildman–Crippen MR) is 77.3 cm³/mol. The molecule has 4 nitrogen and oxygen atoms in total. The third-order valence-electron chi connectivity index (χ3n) is 3.33. The van der Waals surface area contributed by atoms with Crippen molar-refractivity contribution in [3.63, 3.8) is 0 Å². The van der Waals surface area contributed by atoms with Crippen molar-refractivity contribution in [1.29, 1.82) is 0 Å². The van der Waals surface area contributed by atoms with Crippen LogP contribution in [0.1, 0.15) is 24.1 Å². The zero-order chi connectivity index (χ0) is 13.8. The molecule has 1 aromatic carbocycles. The Balaban J connectivity index is 2.23. The van der Waals surface area contributed by atoms with Crippen LogP contribution in [0, 0.1) is 6.92 Å². The van der Waals surface area contributed by atoms with E-state index >= 15 is 0 Å². The molecular formula is C15H21N3O. The number of rotatable bonds is 5. The van der Waals surface area contributed by atoms with Crippen LogP contribution in [0.25, 0.3) is 0 Å². The first-order valence-electron chi connectivity index (χ1n) is 6.63. The number of hydrogen-bond acceptors (Lipinski definition) is 2. The van der Waals surface area contributed by atoms with Gasteiger partial charge in [0.1, 0.15) is 0 Å². The van der Waals surface area contributed by atoms with Crippen molar-refractivity contribution in [2.45, 2.75) is 26.4 Å². The lowest BCUT2D eigenvalue weighted by atomic mass is 10.1. The fourth-order valence-corrected chi connectivity index (χ4v) is 2.18. The Labute approximate surface area is 113 Å². The zero-order valence-corrected chi connectivity index (χ0v) is 11.8. The van der Waals surface area contributed by atoms with E-state index in [4.69, 9.17) is 0 Å². The van der Waals surface area contributed by atoms with Crippen LogP contribution in [0.2, 0.25) is 0 Å². The molecule has 0 radical (unpaired) electrons. The first-order valence-corrected chi connectivity index (χ1v) is 6.63. The molecule has 1 atom stereocenters. The van der Waals surface area contributed by atoms with Gasteiger partial charge in [-0.25, -0.2) is 4.79 Å². The molecule has 0 aliphatic carbocycles. The van der Waals surface area contributed by atoms with Gasteiger partial charge in [-0.15, -0.1) is 0 Å². The monoisotopic (exact) mass is 259 g/mol. The van der Waals surface area contributed by atoms with Crippen LogP contribution in [0.15, 0.2) is 41.5 Å². The number of hydrogen-bond donors (Lipinski definition) is 1. The molecule has 0 aliphatic rings. The molecule has 0 saturated heterocycles. The molecule has 2 rings (SSSR count). The molecule has 19 heavy (non-hydrogen) atoms. The number of aromatic nitrogens is 2. The number of imidazole rings is 1. The lowest BCUT2D eigenvalue weighted by molar-refractivity contribution is 0.464. The van der Waals surface area contributed by atoms with Gasteiger partial charge in [0.2, 0.25) is 0 Å². The van der Waals surface area contributed by atoms with Crippen LogP contribution in [0.5, 0.6) is 0 Å². The highest BCUT2D eigenvalue weighted by Crippen LogP contribution is 2.15. The van der Waals surface area contributed by atoms with Crippen molar-refractivity contribution in [2.75, 3.05) is 6.54 Å². The highest BCUT2D eigenvalue weighted by atomic mass is 16.1. The molecular weight excluding hydrogens is 238 g/mol. The number of likely N-dealkylation sites (N-methyl/N-ethyl adjacent to an activating group) is 1. The third kappa shape index (κ3) is 3.15. The minimum Gasteiger partial charge on any atom is -0.309 e. The van der Waals surface area contributed by atoms with Crippen LogP contribution in [-0.2, 0) is 13.6 Å². The molecule has 0 bridgehead atoms. The fourth-order valence-electron chi connectivity index (χ4n) is 2.18. The predicted octanol–water partition coefficient (Wildman–Crippen LogP) is 1.85. The average Bonchev–Trinajstić information content (AvgIpc) is 2.71. The summed E-state index contributed by atoms with van der Waals surface area (Å²) >= 11 is 0. The summed E-state index contributed by atoms with van der Waals surface area (Å²) in [5.74, 6) is 0. The molecule has 0 saturated carbocycles. The van der Waals surface area contributed by atoms with Crippen molar-refractivity contribution in [3.8, 4) is 0 Å². The van der Waals surface area contributed by atoms with Crippen LogP contribution < -0.4 is 11.0 Å². The minimum atomic E-state index is 0.0232. The van der Waals surface area contributed by atoms with E-state index in [1.165, 1.54) is 11.1 Å². The lowest BCUT2D eigenvalue weighted by Gasteiger charge is -2.18. The number of nitrogens with one attached hydrogen (secondary N) is 1. The maximum atomic E-state index is 11.9. The summed E-state index contributed by atoms with van der Waals surface area (Å²) in [5.41, 5.74) is 2.48. The molecule has 102 valence electrons. The van der Waals surface area contributed by atoms with Gasteiger partial charge >= 0.3 is 5.69 Å². The van der Waals surface area contributed by atoms with E-state index in [0.717, 1.165) is 6.54 Å². The minimum absolute atomic E-state index is 0.0232. The second-order valence-electron chi connectivity index (χ2n) is 4.86. The fraction of sp³-hybridized carbons (Fsp3) is 0.400. The van der Waals surface area contributed by atoms with Crippen LogP contribution >= 0.6 is 0 Å². The Kier molecular flexibility index (Phi) is 4.22. The van der Waals surface area contributed by atoms with Gasteiger partial charge in [0.05, 0.1) is 6.04 Å². The highest BCUT2D eigenvalue weighted by molar-refractivity contribution is 5.24. The van der Waals surface area contributed by atoms with Gasteiger partial charge in [0.25, 0.3) is 0 Å². The van der Waals surface area contributed by atoms with E-state index in [-0.39, 0.29) is 11.7 Å². The molecule has 1 aromatic heterocycles. The average molecular weight is 259 g/mol. The van der Waals surface area contributed by atoms with Gasteiger partial charge in [-0.2, -0.15) is 0 Å². The molecule has 0 spiro atoms. The van der Waals surface area contributed by atoms with Crippen molar-refractivity contribution in [1.82, 2.24) is 14.5 Å². The van der Waals surface area contributed by atoms with E-state index in [1.54, 1.807) is 22.4 Å². The zero-order valence-electron chi connectivity index (χ0n) is 11.8. The molecule has 0 fully saturated rings. The van der Waals surface area contributed by atoms with Crippen molar-refractivity contribution < 1.29 is 0 Å². The van der Waals surface area contributed by atoms with Crippen LogP contribution in [0.3, 0.4) is 0 Å². The summed E-state index contributed by atoms with van der Waals surface area (Å²) in [6, 6.07) is 8.61. The van der Waals surface area contributed by atoms with Gasteiger partial charge < -0.3 is 9.88 Å². The van der Waals surface area contributed by atoms with Crippen molar-refractivity contribution >= 4 is 0 Å². The normalized spacial score (nSPS) is 12.6. The molecule has 4 heteroatoms. The topological polar surface area (TPSA) is 39.0 Å². The van der Waals surface area contributed by atoms with Crippen molar-refractivity contribution in [3.05, 3.63) is 58.3 Å². The molecule has 0 amide bonds. The van der Waals surface area contributed by atoms with Gasteiger partial charge in [0.15, 0.2) is 0 Å². The summed E-state index contributed by atoms with van der Waals surface area (Å²) in [7, 11) is 1.77. The Morgan fingerprint density at radius 3 is 2.42 bits per heavy atom. The Hall–Kier alpha value is -1.81. The van der Waals surface area contributed by atoms with E-state index in [0.29, 0.717) is 6.54 Å². The quantitative estimate of drug-likeness (QED) is 0.890. The number of nitrogens with zero attached hydrogens (tertiary/aromatic N) is 2. The lowest BCUT2D eigenvalue weighted by Crippen LogP contribution is -2.30. The van der Waals surface area contributed by atoms with Crippen molar-refractivity contribution in [2.24, 2.45) is 7.05 Å². The summed E-state index contributed by atoms with van der Waals surface area (Å²) < 4.78 is 3.34. The van der Waals surface area contributed by atoms with Gasteiger partial charge in [-0.1, -0.05) is 36.8 Å². The standard InChI is InChI=1S/C15H21N3O/c1-4-16-14(13-7-5-12(2)6-8-13)11-18-10-9-17(3)15(18)19/h5-10,14,16H,4,11H2,1-3H3. The number of aryl methyl sites for hydroxylation is 2. The summed E-state index contributed by atoms with van der Waals surface area (Å²) in [5, 5.41) is 3.43. The first kappa shape index (κ1) is 13.6. The van der Waals surface area contributed by atoms with E-state index in [1.807, 2.05) is 6.20 Å². The summed E-state index contributed by atoms with van der Waals surface area (Å²) in [4.78, 5) is 11.9. The third-order valence-corrected chi connectivity index (χ3v) is 3.33. The van der Waals surface area contributed by atoms with Gasteiger partial charge in [-0.3, -0.25) is 4.57 Å². The number of benzene rings is 1. The van der Waals surface area contributed by atoms with Gasteiger partial charge in [-0.05, 0) is 19.0 Å². The molecule has 1 unspecified atom stereocenters. The molecule has 1 heterocycles. The van der Waals surface area contributed by atoms with E-state index in [9.17, 15) is 4.79 Å². The highest BCUT2D eigenvalue weighted by Gasteiger charge is 2.12. The maximum Gasteiger partial charge on any atom is 0.327 e. The van der Waals surface area contributed by atoms with Crippen LogP contribution in [0.4, 0.5) is 0 Å². The molecule has 2 aromatic rings. The largest absolute Gasteiger partial charge is 0.327 e. The van der Waals surface area contributed by atoms with Gasteiger partial charge in [0, 0.05) is 26.0 Å². The van der Waals surface area contributed by atoms with Crippen LogP contribution in [-0.4, -0.2) is 15.7 Å². The first-order chi connectivity index (χ1) is 9.11. The van der Waals surface area contributed by atoms with E-state index in [2.05, 4.69) is 43.4 Å². The second-order valence-corrected chi connectivity index (χ2v) is 4.86. The smallest absolute Gasteiger partial charge is 0.309 e.